The molecule has 0 heterocycles. The highest BCUT2D eigenvalue weighted by atomic mass is 16.4. The lowest BCUT2D eigenvalue weighted by Crippen LogP contribution is -2.27. The van der Waals surface area contributed by atoms with E-state index < -0.39 is 23.5 Å². The number of hydrogen-bond acceptors (Lipinski definition) is 7. The number of ketones is 2. The Morgan fingerprint density at radius 3 is 1.86 bits per heavy atom. The molecule has 1 aliphatic carbocycles. The normalized spacial score (nSPS) is 11.8. The van der Waals surface area contributed by atoms with Gasteiger partial charge in [-0.05, 0) is 18.6 Å². The van der Waals surface area contributed by atoms with Gasteiger partial charge in [-0.15, -0.1) is 0 Å². The van der Waals surface area contributed by atoms with Crippen LogP contribution in [0.5, 0.6) is 11.5 Å². The molecule has 0 radical (unpaired) electrons. The van der Waals surface area contributed by atoms with E-state index in [2.05, 4.69) is 5.32 Å². The van der Waals surface area contributed by atoms with Gasteiger partial charge in [0.25, 0.3) is 0 Å². The molecule has 1 aliphatic rings. The third-order valence-electron chi connectivity index (χ3n) is 3.91. The van der Waals surface area contributed by atoms with Crippen molar-refractivity contribution in [2.45, 2.75) is 6.92 Å². The SMILES string of the molecule is Cc1cc2c(c(O)c1O)C(=O)c1ccccc1C2=O.O=C(O)CNCC(=O)O. The van der Waals surface area contributed by atoms with Crippen LogP contribution in [0.1, 0.15) is 37.4 Å². The molecule has 0 aromatic heterocycles. The molecule has 0 atom stereocenters. The number of fused-ring (bicyclic) bond motifs is 2. The average molecular weight is 387 g/mol. The summed E-state index contributed by atoms with van der Waals surface area (Å²) in [7, 11) is 0. The van der Waals surface area contributed by atoms with E-state index in [1.165, 1.54) is 12.1 Å². The molecule has 9 nitrogen and oxygen atoms in total. The van der Waals surface area contributed by atoms with Crippen LogP contribution in [-0.4, -0.2) is 57.0 Å². The lowest BCUT2D eigenvalue weighted by molar-refractivity contribution is -0.137. The van der Waals surface area contributed by atoms with Crippen molar-refractivity contribution in [1.29, 1.82) is 0 Å². The Labute approximate surface area is 158 Å². The number of aliphatic carboxylic acids is 2. The summed E-state index contributed by atoms with van der Waals surface area (Å²) in [5, 5.41) is 37.7. The van der Waals surface area contributed by atoms with Gasteiger partial charge >= 0.3 is 11.9 Å². The second-order valence-electron chi connectivity index (χ2n) is 5.91. The summed E-state index contributed by atoms with van der Waals surface area (Å²) >= 11 is 0. The van der Waals surface area contributed by atoms with E-state index in [0.29, 0.717) is 11.1 Å². The number of carboxylic acids is 2. The first-order valence-corrected chi connectivity index (χ1v) is 8.03. The first kappa shape index (κ1) is 20.6. The molecule has 0 spiro atoms. The zero-order chi connectivity index (χ0) is 21.0. The van der Waals surface area contributed by atoms with Gasteiger partial charge in [-0.25, -0.2) is 0 Å². The third kappa shape index (κ3) is 4.15. The topological polar surface area (TPSA) is 161 Å². The largest absolute Gasteiger partial charge is 0.504 e. The number of phenolic OH excluding ortho intramolecular Hbond substituents is 2. The van der Waals surface area contributed by atoms with E-state index in [1.807, 2.05) is 0 Å². The molecule has 0 saturated heterocycles. The first-order chi connectivity index (χ1) is 13.1. The molecule has 146 valence electrons. The Morgan fingerprint density at radius 1 is 0.857 bits per heavy atom. The smallest absolute Gasteiger partial charge is 0.317 e. The summed E-state index contributed by atoms with van der Waals surface area (Å²) < 4.78 is 0. The number of phenols is 2. The van der Waals surface area contributed by atoms with Gasteiger partial charge in [0.2, 0.25) is 0 Å². The van der Waals surface area contributed by atoms with Crippen LogP contribution >= 0.6 is 0 Å². The van der Waals surface area contributed by atoms with Gasteiger partial charge in [0, 0.05) is 16.7 Å². The Balaban J connectivity index is 0.000000266. The van der Waals surface area contributed by atoms with E-state index in [9.17, 15) is 29.4 Å². The minimum absolute atomic E-state index is 0.119. The maximum atomic E-state index is 12.3. The number of carbonyl (C=O) groups excluding carboxylic acids is 2. The number of nitrogens with one attached hydrogen (secondary N) is 1. The summed E-state index contributed by atoms with van der Waals surface area (Å²) in [5.74, 6) is -3.77. The molecule has 0 amide bonds. The second-order valence-corrected chi connectivity index (χ2v) is 5.91. The number of carbonyl (C=O) groups is 4. The van der Waals surface area contributed by atoms with E-state index in [-0.39, 0.29) is 41.3 Å². The summed E-state index contributed by atoms with van der Waals surface area (Å²) in [5.41, 5.74) is 0.947. The molecule has 5 N–H and O–H groups in total. The second kappa shape index (κ2) is 8.31. The quantitative estimate of drug-likeness (QED) is 0.410. The maximum Gasteiger partial charge on any atom is 0.317 e. The van der Waals surface area contributed by atoms with Crippen molar-refractivity contribution in [2.24, 2.45) is 0 Å². The Kier molecular flexibility index (Phi) is 6.11. The fourth-order valence-corrected chi connectivity index (χ4v) is 2.63. The van der Waals surface area contributed by atoms with Crippen LogP contribution in [0.25, 0.3) is 0 Å². The Bertz CT molecular complexity index is 966. The van der Waals surface area contributed by atoms with Crippen LogP contribution in [0.2, 0.25) is 0 Å². The first-order valence-electron chi connectivity index (χ1n) is 8.03. The molecule has 0 fully saturated rings. The highest BCUT2D eigenvalue weighted by molar-refractivity contribution is 6.29. The molecule has 0 saturated carbocycles. The Hall–Kier alpha value is -3.72. The average Bonchev–Trinajstić information content (AvgIpc) is 2.64. The number of carboxylic acid groups (broad SMARTS) is 2. The van der Waals surface area contributed by atoms with Crippen LogP contribution in [-0.2, 0) is 9.59 Å². The number of benzene rings is 2. The Morgan fingerprint density at radius 2 is 1.36 bits per heavy atom. The van der Waals surface area contributed by atoms with Gasteiger partial charge in [-0.1, -0.05) is 24.3 Å². The summed E-state index contributed by atoms with van der Waals surface area (Å²) in [6, 6.07) is 7.88. The lowest BCUT2D eigenvalue weighted by Gasteiger charge is -2.19. The highest BCUT2D eigenvalue weighted by Crippen LogP contribution is 2.39. The van der Waals surface area contributed by atoms with Gasteiger partial charge in [-0.3, -0.25) is 24.5 Å². The predicted octanol–water partition coefficient (Wildman–Crippen LogP) is 0.927. The zero-order valence-electron chi connectivity index (χ0n) is 14.7. The van der Waals surface area contributed by atoms with Crippen molar-refractivity contribution in [3.05, 3.63) is 58.1 Å². The van der Waals surface area contributed by atoms with Crippen molar-refractivity contribution >= 4 is 23.5 Å². The van der Waals surface area contributed by atoms with E-state index in [1.54, 1.807) is 25.1 Å². The fraction of sp³-hybridized carbons (Fsp3) is 0.158. The van der Waals surface area contributed by atoms with Crippen LogP contribution in [0, 0.1) is 6.92 Å². The molecule has 2 aromatic carbocycles. The van der Waals surface area contributed by atoms with Gasteiger partial charge in [0.05, 0.1) is 18.7 Å². The number of hydrogen-bond donors (Lipinski definition) is 5. The number of rotatable bonds is 4. The summed E-state index contributed by atoms with van der Waals surface area (Å²) in [6.07, 6.45) is 0. The standard InChI is InChI=1S/C15H10O4.C4H7NO4/c1-7-6-10-11(15(19)12(7)16)14(18)9-5-3-2-4-8(9)13(10)17;6-3(7)1-5-2-4(8)9/h2-6,16,19H,1H3;5H,1-2H2,(H,6,7)(H,8,9). The molecule has 0 bridgehead atoms. The van der Waals surface area contributed by atoms with E-state index >= 15 is 0 Å². The van der Waals surface area contributed by atoms with Gasteiger partial charge in [0.1, 0.15) is 0 Å². The summed E-state index contributed by atoms with van der Waals surface area (Å²) in [4.78, 5) is 44.1. The van der Waals surface area contributed by atoms with Crippen LogP contribution in [0.3, 0.4) is 0 Å². The van der Waals surface area contributed by atoms with Gasteiger partial charge < -0.3 is 20.4 Å². The van der Waals surface area contributed by atoms with E-state index in [4.69, 9.17) is 10.2 Å². The van der Waals surface area contributed by atoms with Crippen molar-refractivity contribution in [2.75, 3.05) is 13.1 Å². The van der Waals surface area contributed by atoms with Gasteiger partial charge in [0.15, 0.2) is 23.1 Å². The summed E-state index contributed by atoms with van der Waals surface area (Å²) in [6.45, 7) is 0.937. The molecular formula is C19H17NO8. The van der Waals surface area contributed by atoms with E-state index in [0.717, 1.165) is 0 Å². The molecule has 28 heavy (non-hydrogen) atoms. The molecule has 9 heteroatoms. The maximum absolute atomic E-state index is 12.3. The minimum atomic E-state index is -1.06. The van der Waals surface area contributed by atoms with Crippen molar-refractivity contribution < 1.29 is 39.6 Å². The lowest BCUT2D eigenvalue weighted by atomic mass is 9.82. The van der Waals surface area contributed by atoms with Crippen LogP contribution < -0.4 is 5.32 Å². The third-order valence-corrected chi connectivity index (χ3v) is 3.91. The minimum Gasteiger partial charge on any atom is -0.504 e. The number of aryl methyl sites for hydroxylation is 1. The molecule has 3 rings (SSSR count). The predicted molar refractivity (Wildman–Crippen MR) is 96.0 cm³/mol. The zero-order valence-corrected chi connectivity index (χ0v) is 14.7. The van der Waals surface area contributed by atoms with Gasteiger partial charge in [-0.2, -0.15) is 0 Å². The highest BCUT2D eigenvalue weighted by Gasteiger charge is 2.33. The monoisotopic (exact) mass is 387 g/mol. The molecule has 0 unspecified atom stereocenters. The molecule has 0 aliphatic heterocycles. The van der Waals surface area contributed by atoms with Crippen LogP contribution in [0.15, 0.2) is 30.3 Å². The molecule has 2 aromatic rings. The van der Waals surface area contributed by atoms with Crippen molar-refractivity contribution in [3.63, 3.8) is 0 Å². The van der Waals surface area contributed by atoms with Crippen molar-refractivity contribution in [3.8, 4) is 11.5 Å². The molecular weight excluding hydrogens is 370 g/mol. The van der Waals surface area contributed by atoms with Crippen LogP contribution in [0.4, 0.5) is 0 Å². The fourth-order valence-electron chi connectivity index (χ4n) is 2.63. The number of aromatic hydroxyl groups is 2. The van der Waals surface area contributed by atoms with Crippen molar-refractivity contribution in [1.82, 2.24) is 5.32 Å².